The minimum Gasteiger partial charge on any atom is -0.497 e. The first-order valence-corrected chi connectivity index (χ1v) is 10.2. The highest BCUT2D eigenvalue weighted by molar-refractivity contribution is 5.94. The van der Waals surface area contributed by atoms with Crippen molar-refractivity contribution in [3.63, 3.8) is 0 Å². The van der Waals surface area contributed by atoms with Gasteiger partial charge < -0.3 is 19.9 Å². The van der Waals surface area contributed by atoms with Gasteiger partial charge in [0.1, 0.15) is 5.75 Å². The van der Waals surface area contributed by atoms with Crippen LogP contribution in [0.15, 0.2) is 48.5 Å². The van der Waals surface area contributed by atoms with Crippen LogP contribution in [0.4, 0.5) is 5.69 Å². The lowest BCUT2D eigenvalue weighted by molar-refractivity contribution is -0.132. The number of anilines is 1. The van der Waals surface area contributed by atoms with Crippen LogP contribution in [0.3, 0.4) is 0 Å². The highest BCUT2D eigenvalue weighted by atomic mass is 16.5. The van der Waals surface area contributed by atoms with Gasteiger partial charge in [-0.3, -0.25) is 9.59 Å². The summed E-state index contributed by atoms with van der Waals surface area (Å²) in [5, 5.41) is 2.95. The second-order valence-corrected chi connectivity index (χ2v) is 7.66. The molecule has 1 aliphatic carbocycles. The Kier molecular flexibility index (Phi) is 5.69. The molecule has 1 saturated heterocycles. The Morgan fingerprint density at radius 3 is 2.21 bits per heavy atom. The summed E-state index contributed by atoms with van der Waals surface area (Å²) in [6.45, 7) is 3.70. The van der Waals surface area contributed by atoms with E-state index in [1.807, 2.05) is 53.4 Å². The van der Waals surface area contributed by atoms with Crippen molar-refractivity contribution in [2.75, 3.05) is 38.2 Å². The molecule has 6 heteroatoms. The first kappa shape index (κ1) is 19.3. The topological polar surface area (TPSA) is 61.9 Å². The Hall–Kier alpha value is -3.02. The highest BCUT2D eigenvalue weighted by Crippen LogP contribution is 2.31. The van der Waals surface area contributed by atoms with Gasteiger partial charge in [0.05, 0.1) is 7.11 Å². The Bertz CT molecular complexity index is 852. The van der Waals surface area contributed by atoms with Gasteiger partial charge in [-0.05, 0) is 54.8 Å². The number of nitrogens with zero attached hydrogens (tertiary/aromatic N) is 2. The summed E-state index contributed by atoms with van der Waals surface area (Å²) in [4.78, 5) is 28.9. The second-order valence-electron chi connectivity index (χ2n) is 7.66. The fraction of sp³-hybridized carbons (Fsp3) is 0.391. The molecule has 0 aromatic heterocycles. The summed E-state index contributed by atoms with van der Waals surface area (Å²) in [7, 11) is 1.63. The van der Waals surface area contributed by atoms with E-state index in [1.165, 1.54) is 0 Å². The van der Waals surface area contributed by atoms with E-state index in [0.29, 0.717) is 18.0 Å². The predicted molar refractivity (Wildman–Crippen MR) is 112 cm³/mol. The number of ether oxygens (including phenoxy) is 1. The van der Waals surface area contributed by atoms with Crippen LogP contribution in [0.1, 0.15) is 28.8 Å². The number of carbonyl (C=O) groups excluding carboxylic acids is 2. The molecule has 2 aromatic carbocycles. The minimum atomic E-state index is -0.0905. The lowest BCUT2D eigenvalue weighted by atomic mass is 10.1. The molecule has 2 aromatic rings. The van der Waals surface area contributed by atoms with Gasteiger partial charge in [-0.15, -0.1) is 0 Å². The number of methoxy groups -OCH3 is 1. The van der Waals surface area contributed by atoms with Crippen LogP contribution in [0.5, 0.6) is 5.75 Å². The lowest BCUT2D eigenvalue weighted by Gasteiger charge is -2.36. The van der Waals surface area contributed by atoms with Gasteiger partial charge in [-0.2, -0.15) is 0 Å². The number of carbonyl (C=O) groups is 2. The average Bonchev–Trinajstić information content (AvgIpc) is 3.63. The molecule has 0 bridgehead atoms. The number of hydrogen-bond donors (Lipinski definition) is 1. The molecule has 6 nitrogen and oxygen atoms in total. The zero-order valence-corrected chi connectivity index (χ0v) is 16.8. The van der Waals surface area contributed by atoms with Crippen molar-refractivity contribution in [1.82, 2.24) is 10.2 Å². The van der Waals surface area contributed by atoms with Gasteiger partial charge in [0.2, 0.25) is 5.91 Å². The van der Waals surface area contributed by atoms with E-state index >= 15 is 0 Å². The standard InChI is InChI=1S/C23H27N3O3/c1-29-21-10-2-17(3-11-21)16-24-22(27)18-6-8-20(9-7-18)25-12-14-26(15-13-25)23(28)19-4-5-19/h2-3,6-11,19H,4-5,12-16H2,1H3,(H,24,27). The summed E-state index contributed by atoms with van der Waals surface area (Å²) >= 11 is 0. The van der Waals surface area contributed by atoms with Crippen molar-refractivity contribution in [3.8, 4) is 5.75 Å². The van der Waals surface area contributed by atoms with Crippen LogP contribution in [0.25, 0.3) is 0 Å². The van der Waals surface area contributed by atoms with Gasteiger partial charge in [0.15, 0.2) is 0 Å². The van der Waals surface area contributed by atoms with Crippen molar-refractivity contribution < 1.29 is 14.3 Å². The maximum absolute atomic E-state index is 12.4. The molecule has 0 atom stereocenters. The van der Waals surface area contributed by atoms with Crippen LogP contribution in [0.2, 0.25) is 0 Å². The molecule has 2 fully saturated rings. The van der Waals surface area contributed by atoms with Gasteiger partial charge in [-0.25, -0.2) is 0 Å². The third-order valence-electron chi connectivity index (χ3n) is 5.62. The lowest BCUT2D eigenvalue weighted by Crippen LogP contribution is -2.49. The number of benzene rings is 2. The molecule has 4 rings (SSSR count). The van der Waals surface area contributed by atoms with E-state index in [9.17, 15) is 9.59 Å². The van der Waals surface area contributed by atoms with Crippen LogP contribution in [-0.4, -0.2) is 50.0 Å². The van der Waals surface area contributed by atoms with Crippen LogP contribution < -0.4 is 15.0 Å². The molecule has 1 N–H and O–H groups in total. The summed E-state index contributed by atoms with van der Waals surface area (Å²) in [5.74, 6) is 1.33. The molecule has 1 saturated carbocycles. The SMILES string of the molecule is COc1ccc(CNC(=O)c2ccc(N3CCN(C(=O)C4CC4)CC3)cc2)cc1. The van der Waals surface area contributed by atoms with Crippen molar-refractivity contribution in [2.24, 2.45) is 5.92 Å². The Morgan fingerprint density at radius 1 is 0.966 bits per heavy atom. The van der Waals surface area contributed by atoms with E-state index < -0.39 is 0 Å². The molecule has 0 radical (unpaired) electrons. The van der Waals surface area contributed by atoms with Gasteiger partial charge in [-0.1, -0.05) is 12.1 Å². The Labute approximate surface area is 171 Å². The van der Waals surface area contributed by atoms with E-state index in [1.54, 1.807) is 7.11 Å². The minimum absolute atomic E-state index is 0.0905. The van der Waals surface area contributed by atoms with Crippen molar-refractivity contribution in [3.05, 3.63) is 59.7 Å². The molecular formula is C23H27N3O3. The van der Waals surface area contributed by atoms with Gasteiger partial charge >= 0.3 is 0 Å². The second kappa shape index (κ2) is 8.55. The third kappa shape index (κ3) is 4.70. The maximum atomic E-state index is 12.4. The van der Waals surface area contributed by atoms with Crippen molar-refractivity contribution in [2.45, 2.75) is 19.4 Å². The molecule has 2 aliphatic rings. The molecule has 2 amide bonds. The van der Waals surface area contributed by atoms with Crippen molar-refractivity contribution >= 4 is 17.5 Å². The molecule has 1 aliphatic heterocycles. The third-order valence-corrected chi connectivity index (χ3v) is 5.62. The summed E-state index contributed by atoms with van der Waals surface area (Å²) in [5.41, 5.74) is 2.76. The fourth-order valence-corrected chi connectivity index (χ4v) is 3.62. The van der Waals surface area contributed by atoms with E-state index in [4.69, 9.17) is 4.74 Å². The molecule has 152 valence electrons. The Morgan fingerprint density at radius 2 is 1.62 bits per heavy atom. The quantitative estimate of drug-likeness (QED) is 0.820. The monoisotopic (exact) mass is 393 g/mol. The largest absolute Gasteiger partial charge is 0.497 e. The Balaban J connectivity index is 1.28. The van der Waals surface area contributed by atoms with Crippen LogP contribution >= 0.6 is 0 Å². The summed E-state index contributed by atoms with van der Waals surface area (Å²) < 4.78 is 5.15. The smallest absolute Gasteiger partial charge is 0.251 e. The van der Waals surface area contributed by atoms with Crippen LogP contribution in [-0.2, 0) is 11.3 Å². The number of rotatable bonds is 6. The number of nitrogens with one attached hydrogen (secondary N) is 1. The van der Waals surface area contributed by atoms with Crippen molar-refractivity contribution in [1.29, 1.82) is 0 Å². The molecule has 0 spiro atoms. The van der Waals surface area contributed by atoms with E-state index in [-0.39, 0.29) is 11.8 Å². The fourth-order valence-electron chi connectivity index (χ4n) is 3.62. The molecular weight excluding hydrogens is 366 g/mol. The number of hydrogen-bond acceptors (Lipinski definition) is 4. The number of amides is 2. The van der Waals surface area contributed by atoms with Crippen LogP contribution in [0, 0.1) is 5.92 Å². The normalized spacial score (nSPS) is 16.4. The predicted octanol–water partition coefficient (Wildman–Crippen LogP) is 2.68. The summed E-state index contributed by atoms with van der Waals surface area (Å²) in [6.07, 6.45) is 2.11. The zero-order chi connectivity index (χ0) is 20.2. The van der Waals surface area contributed by atoms with E-state index in [0.717, 1.165) is 56.0 Å². The molecule has 0 unspecified atom stereocenters. The molecule has 1 heterocycles. The zero-order valence-electron chi connectivity index (χ0n) is 16.8. The first-order chi connectivity index (χ1) is 14.1. The van der Waals surface area contributed by atoms with Gasteiger partial charge in [0.25, 0.3) is 5.91 Å². The maximum Gasteiger partial charge on any atom is 0.251 e. The summed E-state index contributed by atoms with van der Waals surface area (Å²) in [6, 6.07) is 15.3. The van der Waals surface area contributed by atoms with E-state index in [2.05, 4.69) is 10.2 Å². The molecule has 29 heavy (non-hydrogen) atoms. The van der Waals surface area contributed by atoms with Gasteiger partial charge in [0, 0.05) is 49.9 Å². The number of piperazine rings is 1. The average molecular weight is 393 g/mol. The highest BCUT2D eigenvalue weighted by Gasteiger charge is 2.34. The first-order valence-electron chi connectivity index (χ1n) is 10.2.